The molecule has 1 aromatic carbocycles. The lowest BCUT2D eigenvalue weighted by atomic mass is 10.3. The van der Waals surface area contributed by atoms with E-state index in [-0.39, 0.29) is 11.6 Å². The maximum atomic E-state index is 11.4. The van der Waals surface area contributed by atoms with Gasteiger partial charge < -0.3 is 20.1 Å². The van der Waals surface area contributed by atoms with Crippen LogP contribution in [-0.2, 0) is 4.74 Å². The van der Waals surface area contributed by atoms with Crippen LogP contribution in [0.25, 0.3) is 11.7 Å². The maximum absolute atomic E-state index is 11.4. The van der Waals surface area contributed by atoms with Gasteiger partial charge in [0.05, 0.1) is 19.3 Å². The molecule has 0 saturated heterocycles. The van der Waals surface area contributed by atoms with Crippen LogP contribution in [0.1, 0.15) is 12.6 Å². The molecule has 10 nitrogen and oxygen atoms in total. The van der Waals surface area contributed by atoms with Crippen LogP contribution in [0.4, 0.5) is 11.5 Å². The number of hydrogen-bond donors (Lipinski definition) is 4. The standard InChI is InChI=1S/C20H20ClN7O3/c1-2-31-7-6-22-17-10-16(24-14-5-3-4-13(21)9-14)26-18-12(11-23-28(17)18)8-15-19(29)27-20(30)25-15/h3-5,8-11,24,29H,2,6-7H2,1H3,(H2,25,27,30). The van der Waals surface area contributed by atoms with Crippen molar-refractivity contribution in [2.24, 2.45) is 4.99 Å². The van der Waals surface area contributed by atoms with E-state index in [1.54, 1.807) is 35.0 Å². The Morgan fingerprint density at radius 3 is 2.97 bits per heavy atom. The van der Waals surface area contributed by atoms with E-state index in [2.05, 4.69) is 30.4 Å². The fourth-order valence-electron chi connectivity index (χ4n) is 2.97. The van der Waals surface area contributed by atoms with E-state index >= 15 is 0 Å². The number of aromatic amines is 2. The van der Waals surface area contributed by atoms with Crippen LogP contribution >= 0.6 is 11.6 Å². The number of ether oxygens (including phenoxy) is 1. The molecule has 0 aliphatic rings. The summed E-state index contributed by atoms with van der Waals surface area (Å²) in [5.74, 6) is 0.269. The summed E-state index contributed by atoms with van der Waals surface area (Å²) in [7, 11) is 0. The minimum absolute atomic E-state index is 0.227. The van der Waals surface area contributed by atoms with E-state index in [1.807, 2.05) is 19.1 Å². The Kier molecular flexibility index (Phi) is 6.01. The lowest BCUT2D eigenvalue weighted by Gasteiger charge is -2.07. The van der Waals surface area contributed by atoms with Crippen molar-refractivity contribution in [3.8, 4) is 5.88 Å². The smallest absolute Gasteiger partial charge is 0.326 e. The predicted molar refractivity (Wildman–Crippen MR) is 117 cm³/mol. The van der Waals surface area contributed by atoms with Crippen molar-refractivity contribution < 1.29 is 9.84 Å². The highest BCUT2D eigenvalue weighted by Gasteiger charge is 2.08. The number of imidazole rings is 1. The van der Waals surface area contributed by atoms with Gasteiger partial charge in [-0.3, -0.25) is 9.98 Å². The van der Waals surface area contributed by atoms with E-state index in [0.717, 1.165) is 5.69 Å². The molecular formula is C20H20ClN7O3. The molecule has 0 bridgehead atoms. The fourth-order valence-corrected chi connectivity index (χ4v) is 3.16. The van der Waals surface area contributed by atoms with Gasteiger partial charge in [-0.2, -0.15) is 9.61 Å². The number of halogens is 1. The number of fused-ring (bicyclic) bond motifs is 1. The molecule has 0 unspecified atom stereocenters. The Morgan fingerprint density at radius 1 is 1.35 bits per heavy atom. The van der Waals surface area contributed by atoms with Crippen LogP contribution in [0.15, 0.2) is 46.3 Å². The van der Waals surface area contributed by atoms with Gasteiger partial charge in [-0.05, 0) is 31.2 Å². The van der Waals surface area contributed by atoms with Crippen LogP contribution in [0.2, 0.25) is 5.02 Å². The molecule has 0 spiro atoms. The number of aromatic hydroxyl groups is 1. The number of nitrogens with zero attached hydrogens (tertiary/aromatic N) is 4. The monoisotopic (exact) mass is 441 g/mol. The molecule has 4 aromatic rings. The van der Waals surface area contributed by atoms with Crippen molar-refractivity contribution in [3.05, 3.63) is 68.4 Å². The highest BCUT2D eigenvalue weighted by molar-refractivity contribution is 6.30. The van der Waals surface area contributed by atoms with E-state index < -0.39 is 5.69 Å². The molecule has 3 aromatic heterocycles. The summed E-state index contributed by atoms with van der Waals surface area (Å²) >= 11 is 6.08. The molecule has 0 radical (unpaired) electrons. The molecule has 11 heteroatoms. The van der Waals surface area contributed by atoms with Crippen molar-refractivity contribution >= 4 is 34.8 Å². The van der Waals surface area contributed by atoms with E-state index in [1.165, 1.54) is 0 Å². The van der Waals surface area contributed by atoms with Gasteiger partial charge in [0.15, 0.2) is 11.1 Å². The first-order valence-corrected chi connectivity index (χ1v) is 9.94. The quantitative estimate of drug-likeness (QED) is 0.320. The molecule has 0 aliphatic heterocycles. The number of H-pyrrole nitrogens is 2. The summed E-state index contributed by atoms with van der Waals surface area (Å²) < 4.78 is 6.95. The SMILES string of the molecule is CCOCCN=c1cc(Nc2cccc(Cl)c2)nc2c(=Cc3[nH]c(=O)[nH]c3O)cnn12. The van der Waals surface area contributed by atoms with Gasteiger partial charge in [0.25, 0.3) is 0 Å². The van der Waals surface area contributed by atoms with Gasteiger partial charge in [0, 0.05) is 28.6 Å². The van der Waals surface area contributed by atoms with Crippen molar-refractivity contribution in [1.29, 1.82) is 0 Å². The summed E-state index contributed by atoms with van der Waals surface area (Å²) in [6.07, 6.45) is 3.16. The fraction of sp³-hybridized carbons (Fsp3) is 0.200. The molecule has 4 N–H and O–H groups in total. The minimum atomic E-state index is -0.511. The zero-order chi connectivity index (χ0) is 21.8. The van der Waals surface area contributed by atoms with Crippen LogP contribution in [-0.4, -0.2) is 49.4 Å². The molecule has 0 amide bonds. The third kappa shape index (κ3) is 4.76. The zero-order valence-electron chi connectivity index (χ0n) is 16.6. The van der Waals surface area contributed by atoms with Crippen molar-refractivity contribution in [2.75, 3.05) is 25.1 Å². The Balaban J connectivity index is 1.84. The molecular weight excluding hydrogens is 422 g/mol. The van der Waals surface area contributed by atoms with Gasteiger partial charge >= 0.3 is 5.69 Å². The zero-order valence-corrected chi connectivity index (χ0v) is 17.3. The molecule has 0 aliphatic carbocycles. The van der Waals surface area contributed by atoms with Crippen LogP contribution in [0, 0.1) is 0 Å². The Labute approximate surface area is 180 Å². The normalized spacial score (nSPS) is 12.7. The van der Waals surface area contributed by atoms with Crippen molar-refractivity contribution in [1.82, 2.24) is 24.6 Å². The van der Waals surface area contributed by atoms with Gasteiger partial charge in [0.2, 0.25) is 5.88 Å². The number of benzene rings is 1. The van der Waals surface area contributed by atoms with E-state index in [4.69, 9.17) is 16.3 Å². The topological polar surface area (TPSA) is 133 Å². The lowest BCUT2D eigenvalue weighted by molar-refractivity contribution is 0.155. The third-order valence-electron chi connectivity index (χ3n) is 4.33. The van der Waals surface area contributed by atoms with Crippen molar-refractivity contribution in [2.45, 2.75) is 6.92 Å². The third-order valence-corrected chi connectivity index (χ3v) is 4.56. The van der Waals surface area contributed by atoms with Gasteiger partial charge in [0.1, 0.15) is 11.5 Å². The molecule has 0 atom stereocenters. The maximum Gasteiger partial charge on any atom is 0.326 e. The summed E-state index contributed by atoms with van der Waals surface area (Å²) in [6, 6.07) is 9.04. The Hall–Kier alpha value is -3.63. The summed E-state index contributed by atoms with van der Waals surface area (Å²) in [5, 5.41) is 18.6. The van der Waals surface area contributed by atoms with Gasteiger partial charge in [-0.25, -0.2) is 9.78 Å². The number of hydrogen-bond acceptors (Lipinski definition) is 7. The second-order valence-electron chi connectivity index (χ2n) is 6.53. The number of nitrogens with one attached hydrogen (secondary N) is 3. The van der Waals surface area contributed by atoms with Crippen LogP contribution < -0.4 is 21.7 Å². The minimum Gasteiger partial charge on any atom is -0.493 e. The van der Waals surface area contributed by atoms with E-state index in [0.29, 0.717) is 47.0 Å². The average Bonchev–Trinajstić information content (AvgIpc) is 3.28. The molecule has 0 fully saturated rings. The lowest BCUT2D eigenvalue weighted by Crippen LogP contribution is -2.20. The molecule has 3 heterocycles. The molecule has 31 heavy (non-hydrogen) atoms. The van der Waals surface area contributed by atoms with Crippen molar-refractivity contribution in [3.63, 3.8) is 0 Å². The number of rotatable bonds is 7. The first-order chi connectivity index (χ1) is 15.0. The Morgan fingerprint density at radius 2 is 2.23 bits per heavy atom. The largest absolute Gasteiger partial charge is 0.493 e. The predicted octanol–water partition coefficient (Wildman–Crippen LogP) is 1.33. The molecule has 4 rings (SSSR count). The molecule has 0 saturated carbocycles. The summed E-state index contributed by atoms with van der Waals surface area (Å²) in [5.41, 5.74) is 1.54. The highest BCUT2D eigenvalue weighted by atomic mass is 35.5. The summed E-state index contributed by atoms with van der Waals surface area (Å²) in [6.45, 7) is 3.47. The number of aromatic nitrogens is 5. The van der Waals surface area contributed by atoms with Gasteiger partial charge in [-0.1, -0.05) is 17.7 Å². The summed E-state index contributed by atoms with van der Waals surface area (Å²) in [4.78, 5) is 25.4. The van der Waals surface area contributed by atoms with Crippen LogP contribution in [0.3, 0.4) is 0 Å². The first-order valence-electron chi connectivity index (χ1n) is 9.56. The second-order valence-corrected chi connectivity index (χ2v) is 6.97. The number of anilines is 2. The van der Waals surface area contributed by atoms with Gasteiger partial charge in [-0.15, -0.1) is 0 Å². The molecule has 160 valence electrons. The average molecular weight is 442 g/mol. The van der Waals surface area contributed by atoms with E-state index in [9.17, 15) is 9.90 Å². The second kappa shape index (κ2) is 9.02. The highest BCUT2D eigenvalue weighted by Crippen LogP contribution is 2.18. The Bertz CT molecular complexity index is 1390. The first kappa shape index (κ1) is 20.6. The van der Waals surface area contributed by atoms with Crippen LogP contribution in [0.5, 0.6) is 5.88 Å².